The van der Waals surface area contributed by atoms with Crippen LogP contribution in [-0.2, 0) is 11.2 Å². The Morgan fingerprint density at radius 3 is 2.95 bits per heavy atom. The van der Waals surface area contributed by atoms with Crippen molar-refractivity contribution in [2.45, 2.75) is 19.3 Å². The number of benzene rings is 1. The minimum Gasteiger partial charge on any atom is -0.379 e. The lowest BCUT2D eigenvalue weighted by Crippen LogP contribution is -2.19. The average molecular weight is 259 g/mol. The number of fused-ring (bicyclic) bond motifs is 1. The summed E-state index contributed by atoms with van der Waals surface area (Å²) in [5.74, 6) is 2.35. The normalized spacial score (nSPS) is 13.1. The number of anilines is 2. The summed E-state index contributed by atoms with van der Waals surface area (Å²) in [7, 11) is 0. The van der Waals surface area contributed by atoms with Gasteiger partial charge in [0.15, 0.2) is 0 Å². The molecule has 0 saturated heterocycles. The van der Waals surface area contributed by atoms with Crippen molar-refractivity contribution in [1.29, 1.82) is 0 Å². The van der Waals surface area contributed by atoms with Gasteiger partial charge in [-0.05, 0) is 18.1 Å². The largest absolute Gasteiger partial charge is 0.379 e. The third-order valence-corrected chi connectivity index (χ3v) is 2.90. The molecule has 0 unspecified atom stereocenters. The van der Waals surface area contributed by atoms with E-state index in [1.807, 2.05) is 0 Å². The van der Waals surface area contributed by atoms with Crippen molar-refractivity contribution in [1.82, 2.24) is 0 Å². The number of hydrogen-bond donors (Lipinski definition) is 2. The van der Waals surface area contributed by atoms with Gasteiger partial charge in [-0.1, -0.05) is 0 Å². The van der Waals surface area contributed by atoms with Gasteiger partial charge in [-0.15, -0.1) is 12.3 Å². The van der Waals surface area contributed by atoms with Gasteiger partial charge < -0.3 is 10.6 Å². The van der Waals surface area contributed by atoms with E-state index in [-0.39, 0.29) is 11.6 Å². The number of rotatable bonds is 4. The van der Waals surface area contributed by atoms with Gasteiger partial charge in [0.1, 0.15) is 5.69 Å². The van der Waals surface area contributed by atoms with Gasteiger partial charge in [-0.2, -0.15) is 0 Å². The molecular formula is C13H13N3O3. The summed E-state index contributed by atoms with van der Waals surface area (Å²) in [4.78, 5) is 21.8. The first kappa shape index (κ1) is 12.9. The van der Waals surface area contributed by atoms with Crippen LogP contribution in [0.1, 0.15) is 18.4 Å². The van der Waals surface area contributed by atoms with Crippen LogP contribution in [0.3, 0.4) is 0 Å². The number of nitro groups is 1. The highest BCUT2D eigenvalue weighted by atomic mass is 16.6. The molecule has 0 bridgehead atoms. The molecule has 98 valence electrons. The van der Waals surface area contributed by atoms with E-state index in [2.05, 4.69) is 16.6 Å². The van der Waals surface area contributed by atoms with Crippen LogP contribution < -0.4 is 10.6 Å². The minimum absolute atomic E-state index is 0.0574. The molecule has 1 aromatic carbocycles. The topological polar surface area (TPSA) is 84.3 Å². The second kappa shape index (κ2) is 5.40. The second-order valence-electron chi connectivity index (χ2n) is 4.21. The summed E-state index contributed by atoms with van der Waals surface area (Å²) >= 11 is 0. The molecule has 1 aromatic rings. The Kier molecular flexibility index (Phi) is 3.66. The van der Waals surface area contributed by atoms with Crippen LogP contribution in [0.5, 0.6) is 0 Å². The molecule has 1 amide bonds. The van der Waals surface area contributed by atoms with Gasteiger partial charge in [-0.25, -0.2) is 0 Å². The van der Waals surface area contributed by atoms with E-state index in [0.29, 0.717) is 37.2 Å². The average Bonchev–Trinajstić information content (AvgIpc) is 2.38. The van der Waals surface area contributed by atoms with Crippen molar-refractivity contribution in [3.63, 3.8) is 0 Å². The summed E-state index contributed by atoms with van der Waals surface area (Å²) in [6, 6.07) is 3.11. The lowest BCUT2D eigenvalue weighted by atomic mass is 10.0. The first-order valence-corrected chi connectivity index (χ1v) is 5.90. The highest BCUT2D eigenvalue weighted by molar-refractivity contribution is 5.95. The fourth-order valence-electron chi connectivity index (χ4n) is 1.98. The lowest BCUT2D eigenvalue weighted by molar-refractivity contribution is -0.383. The fraction of sp³-hybridized carbons (Fsp3) is 0.308. The summed E-state index contributed by atoms with van der Waals surface area (Å²) in [6.45, 7) is 0.475. The lowest BCUT2D eigenvalue weighted by Gasteiger charge is -2.18. The molecule has 2 N–H and O–H groups in total. The number of amides is 1. The van der Waals surface area contributed by atoms with Gasteiger partial charge in [0.05, 0.1) is 10.6 Å². The molecule has 2 rings (SSSR count). The maximum atomic E-state index is 11.3. The number of carbonyl (C=O) groups excluding carboxylic acids is 1. The first-order valence-electron chi connectivity index (χ1n) is 5.90. The third kappa shape index (κ3) is 2.83. The minimum atomic E-state index is -0.473. The summed E-state index contributed by atoms with van der Waals surface area (Å²) in [5.41, 5.74) is 1.80. The molecule has 0 radical (unpaired) electrons. The smallest absolute Gasteiger partial charge is 0.294 e. The number of carbonyl (C=O) groups is 1. The zero-order chi connectivity index (χ0) is 13.8. The van der Waals surface area contributed by atoms with Crippen LogP contribution in [0.25, 0.3) is 0 Å². The molecule has 0 fully saturated rings. The monoisotopic (exact) mass is 259 g/mol. The van der Waals surface area contributed by atoms with Gasteiger partial charge in [0.25, 0.3) is 5.69 Å². The molecule has 0 aromatic heterocycles. The molecule has 0 atom stereocenters. The Labute approximate surface area is 110 Å². The van der Waals surface area contributed by atoms with Crippen molar-refractivity contribution in [2.24, 2.45) is 0 Å². The molecule has 19 heavy (non-hydrogen) atoms. The Bertz CT molecular complexity index is 575. The number of terminal acetylenes is 1. The molecule has 6 nitrogen and oxygen atoms in total. The molecule has 6 heteroatoms. The Balaban J connectivity index is 2.34. The molecule has 1 heterocycles. The van der Waals surface area contributed by atoms with Gasteiger partial charge >= 0.3 is 0 Å². The number of hydrogen-bond acceptors (Lipinski definition) is 4. The summed E-state index contributed by atoms with van der Waals surface area (Å²) in [6.07, 6.45) is 6.62. The number of aryl methyl sites for hydroxylation is 1. The zero-order valence-electron chi connectivity index (χ0n) is 10.2. The van der Waals surface area contributed by atoms with E-state index in [4.69, 9.17) is 6.42 Å². The maximum absolute atomic E-state index is 11.3. The van der Waals surface area contributed by atoms with E-state index in [1.165, 1.54) is 6.07 Å². The van der Waals surface area contributed by atoms with Crippen LogP contribution in [0.4, 0.5) is 17.1 Å². The maximum Gasteiger partial charge on any atom is 0.294 e. The quantitative estimate of drug-likeness (QED) is 0.374. The Morgan fingerprint density at radius 1 is 1.47 bits per heavy atom. The van der Waals surface area contributed by atoms with Gasteiger partial charge in [0, 0.05) is 25.5 Å². The van der Waals surface area contributed by atoms with Crippen LogP contribution in [-0.4, -0.2) is 17.4 Å². The van der Waals surface area contributed by atoms with E-state index < -0.39 is 4.92 Å². The van der Waals surface area contributed by atoms with E-state index in [9.17, 15) is 14.9 Å². The Morgan fingerprint density at radius 2 is 2.26 bits per heavy atom. The molecule has 0 saturated carbocycles. The number of nitro benzene ring substituents is 1. The zero-order valence-corrected chi connectivity index (χ0v) is 10.2. The summed E-state index contributed by atoms with van der Waals surface area (Å²) < 4.78 is 0. The highest BCUT2D eigenvalue weighted by Crippen LogP contribution is 2.34. The standard InChI is InChI=1S/C13H13N3O3/c1-2-3-6-14-11-7-9-4-5-13(17)15-10(9)8-12(11)16(18)19/h1,7-8,14H,3-6H2,(H,15,17). The second-order valence-corrected chi connectivity index (χ2v) is 4.21. The third-order valence-electron chi connectivity index (χ3n) is 2.90. The van der Waals surface area contributed by atoms with Gasteiger partial charge in [-0.3, -0.25) is 14.9 Å². The van der Waals surface area contributed by atoms with E-state index in [0.717, 1.165) is 5.56 Å². The van der Waals surface area contributed by atoms with Crippen LogP contribution in [0, 0.1) is 22.5 Å². The molecular weight excluding hydrogens is 246 g/mol. The van der Waals surface area contributed by atoms with E-state index in [1.54, 1.807) is 6.07 Å². The highest BCUT2D eigenvalue weighted by Gasteiger charge is 2.22. The van der Waals surface area contributed by atoms with Crippen molar-refractivity contribution < 1.29 is 9.72 Å². The summed E-state index contributed by atoms with van der Waals surface area (Å²) in [5, 5.41) is 16.6. The van der Waals surface area contributed by atoms with Gasteiger partial charge in [0.2, 0.25) is 5.91 Å². The van der Waals surface area contributed by atoms with E-state index >= 15 is 0 Å². The van der Waals surface area contributed by atoms with Crippen molar-refractivity contribution in [3.05, 3.63) is 27.8 Å². The van der Waals surface area contributed by atoms with Crippen molar-refractivity contribution in [3.8, 4) is 12.3 Å². The Hall–Kier alpha value is -2.55. The molecule has 1 aliphatic heterocycles. The first-order chi connectivity index (χ1) is 9.11. The van der Waals surface area contributed by atoms with Crippen molar-refractivity contribution >= 4 is 23.0 Å². The number of nitrogens with one attached hydrogen (secondary N) is 2. The predicted molar refractivity (Wildman–Crippen MR) is 72.0 cm³/mol. The molecule has 0 spiro atoms. The van der Waals surface area contributed by atoms with Crippen LogP contribution in [0.15, 0.2) is 12.1 Å². The molecule has 0 aliphatic carbocycles. The van der Waals surface area contributed by atoms with Crippen molar-refractivity contribution in [2.75, 3.05) is 17.2 Å². The van der Waals surface area contributed by atoms with Crippen LogP contribution >= 0.6 is 0 Å². The van der Waals surface area contributed by atoms with Crippen LogP contribution in [0.2, 0.25) is 0 Å². The fourth-order valence-corrected chi connectivity index (χ4v) is 1.98. The number of nitrogens with zero attached hydrogens (tertiary/aromatic N) is 1. The predicted octanol–water partition coefficient (Wildman–Crippen LogP) is 1.91. The molecule has 1 aliphatic rings. The SMILES string of the molecule is C#CCCNc1cc2c(cc1[N+](=O)[O-])NC(=O)CC2.